The molecule has 0 radical (unpaired) electrons. The number of nitrogens with zero attached hydrogens (tertiary/aromatic N) is 10. The number of rotatable bonds is 8. The second kappa shape index (κ2) is 27.6. The summed E-state index contributed by atoms with van der Waals surface area (Å²) in [5.41, 5.74) is 4.28. The molecule has 10 rings (SSSR count). The van der Waals surface area contributed by atoms with Gasteiger partial charge >= 0.3 is 0 Å². The van der Waals surface area contributed by atoms with Crippen LogP contribution in [0.5, 0.6) is 0 Å². The van der Waals surface area contributed by atoms with Crippen LogP contribution < -0.4 is 20.4 Å². The normalized spacial score (nSPS) is 22.9. The first-order valence-corrected chi connectivity index (χ1v) is 24.1. The number of amides is 2. The zero-order valence-electron chi connectivity index (χ0n) is 37.6. The number of anilines is 2. The number of hydrogen-bond acceptors (Lipinski definition) is 12. The van der Waals surface area contributed by atoms with E-state index in [0.29, 0.717) is 23.9 Å². The van der Waals surface area contributed by atoms with Crippen molar-refractivity contribution in [3.63, 3.8) is 0 Å². The standard InChI is InChI=1S/2C22H30N6OS.5BrH.H2O/c2*1-17-13-21(28(24-17)18-5-3-2-4-6-18)26-9-7-25(8-10-26)19-14-20(23-15-19)22(29)27-11-12-30-16-27;;;;;;/h2*2-6,13,19-20,23H,7-12,14-16H2,1H3;5*1H;1H2. The molecule has 4 N–H and O–H groups in total. The SMILES string of the molecule is Br.Br.Br.Br.Br.Cc1cc(N2CCN(C3CNC(C(=O)N4CCSC4)C3)CC2)n(-c2ccccc2)n1.Cc1cc(N2CCN(C3CNC(C(=O)N4CCSC4)C3)CC2)n(-c2ccccc2)n1.O. The number of para-hydroxylation sites is 2. The van der Waals surface area contributed by atoms with Crippen LogP contribution in [-0.2, 0) is 9.59 Å². The number of aromatic nitrogens is 4. The number of thioether (sulfide) groups is 2. The fraction of sp³-hybridized carbons (Fsp3) is 0.545. The van der Waals surface area contributed by atoms with Crippen LogP contribution in [0.15, 0.2) is 72.8 Å². The van der Waals surface area contributed by atoms with Crippen molar-refractivity contribution < 1.29 is 15.1 Å². The first-order valence-electron chi connectivity index (χ1n) is 21.8. The number of piperazine rings is 2. The third kappa shape index (κ3) is 13.8. The lowest BCUT2D eigenvalue weighted by molar-refractivity contribution is -0.132. The van der Waals surface area contributed by atoms with E-state index in [1.54, 1.807) is 0 Å². The molecule has 22 heteroatoms. The fourth-order valence-electron chi connectivity index (χ4n) is 9.56. The first-order chi connectivity index (χ1) is 29.4. The van der Waals surface area contributed by atoms with Crippen molar-refractivity contribution in [3.8, 4) is 11.4 Å². The molecule has 0 saturated carbocycles. The van der Waals surface area contributed by atoms with Crippen molar-refractivity contribution in [2.75, 3.05) is 112 Å². The second-order valence-corrected chi connectivity index (χ2v) is 19.0. The van der Waals surface area contributed by atoms with Gasteiger partial charge in [-0.1, -0.05) is 36.4 Å². The molecule has 8 heterocycles. The van der Waals surface area contributed by atoms with Gasteiger partial charge in [0.1, 0.15) is 11.6 Å². The highest BCUT2D eigenvalue weighted by Crippen LogP contribution is 2.27. The molecule has 2 aromatic heterocycles. The van der Waals surface area contributed by atoms with Crippen molar-refractivity contribution in [2.24, 2.45) is 0 Å². The molecular weight excluding hydrogens is 1210 g/mol. The Morgan fingerprint density at radius 3 is 1.24 bits per heavy atom. The van der Waals surface area contributed by atoms with Crippen LogP contribution in [0.25, 0.3) is 11.4 Å². The van der Waals surface area contributed by atoms with Gasteiger partial charge in [-0.05, 0) is 51.0 Å². The van der Waals surface area contributed by atoms with Crippen molar-refractivity contribution in [3.05, 3.63) is 84.2 Å². The van der Waals surface area contributed by atoms with Gasteiger partial charge in [-0.25, -0.2) is 9.36 Å². The van der Waals surface area contributed by atoms with Gasteiger partial charge in [-0.15, -0.1) is 108 Å². The van der Waals surface area contributed by atoms with Crippen molar-refractivity contribution in [1.29, 1.82) is 0 Å². The van der Waals surface area contributed by atoms with Gasteiger partial charge < -0.3 is 35.7 Å². The van der Waals surface area contributed by atoms with E-state index in [-0.39, 0.29) is 102 Å². The Bertz CT molecular complexity index is 1920. The van der Waals surface area contributed by atoms with Crippen LogP contribution in [0.2, 0.25) is 0 Å². The third-order valence-electron chi connectivity index (χ3n) is 12.9. The number of halogens is 5. The van der Waals surface area contributed by atoms with E-state index >= 15 is 0 Å². The Labute approximate surface area is 451 Å². The largest absolute Gasteiger partial charge is 0.412 e. The zero-order chi connectivity index (χ0) is 41.0. The summed E-state index contributed by atoms with van der Waals surface area (Å²) in [5, 5.41) is 16.4. The van der Waals surface area contributed by atoms with Crippen LogP contribution in [0.3, 0.4) is 0 Å². The summed E-state index contributed by atoms with van der Waals surface area (Å²) < 4.78 is 4.12. The summed E-state index contributed by atoms with van der Waals surface area (Å²) in [6.45, 7) is 15.8. The van der Waals surface area contributed by atoms with E-state index in [1.165, 1.54) is 11.6 Å². The van der Waals surface area contributed by atoms with Gasteiger partial charge in [0.05, 0.1) is 46.6 Å². The lowest BCUT2D eigenvalue weighted by Crippen LogP contribution is -2.51. The third-order valence-corrected chi connectivity index (χ3v) is 14.8. The lowest BCUT2D eigenvalue weighted by Gasteiger charge is -2.38. The number of nitrogens with one attached hydrogen (secondary N) is 2. The van der Waals surface area contributed by atoms with E-state index < -0.39 is 0 Å². The molecule has 6 fully saturated rings. The van der Waals surface area contributed by atoms with Crippen LogP contribution in [-0.4, -0.2) is 182 Å². The highest BCUT2D eigenvalue weighted by Gasteiger charge is 2.38. The van der Waals surface area contributed by atoms with Crippen LogP contribution in [0, 0.1) is 13.8 Å². The summed E-state index contributed by atoms with van der Waals surface area (Å²) >= 11 is 3.70. The smallest absolute Gasteiger partial charge is 0.240 e. The molecule has 6 aliphatic rings. The molecule has 6 saturated heterocycles. The van der Waals surface area contributed by atoms with E-state index in [9.17, 15) is 9.59 Å². The quantitative estimate of drug-likeness (QED) is 0.240. The van der Waals surface area contributed by atoms with Gasteiger partial charge in [-0.2, -0.15) is 10.2 Å². The first kappa shape index (κ1) is 58.6. The monoisotopic (exact) mass is 1270 g/mol. The molecule has 6 aliphatic heterocycles. The molecule has 4 unspecified atom stereocenters. The molecule has 66 heavy (non-hydrogen) atoms. The van der Waals surface area contributed by atoms with Gasteiger partial charge in [0.15, 0.2) is 0 Å². The summed E-state index contributed by atoms with van der Waals surface area (Å²) in [7, 11) is 0. The zero-order valence-corrected chi connectivity index (χ0v) is 47.8. The second-order valence-electron chi connectivity index (χ2n) is 16.8. The summed E-state index contributed by atoms with van der Waals surface area (Å²) in [4.78, 5) is 39.4. The Balaban J connectivity index is 0.000000321. The number of hydrogen-bond donors (Lipinski definition) is 2. The molecular formula is C44H67Br5N12O3S2. The van der Waals surface area contributed by atoms with Gasteiger partial charge in [-0.3, -0.25) is 19.4 Å². The Morgan fingerprint density at radius 2 is 0.909 bits per heavy atom. The number of aryl methyl sites for hydroxylation is 2. The lowest BCUT2D eigenvalue weighted by atomic mass is 10.1. The van der Waals surface area contributed by atoms with E-state index in [1.807, 2.05) is 45.5 Å². The molecule has 368 valence electrons. The average molecular weight is 1280 g/mol. The van der Waals surface area contributed by atoms with Crippen molar-refractivity contribution in [2.45, 2.75) is 50.9 Å². The van der Waals surface area contributed by atoms with Crippen LogP contribution in [0.4, 0.5) is 11.6 Å². The van der Waals surface area contributed by atoms with Gasteiger partial charge in [0, 0.05) is 114 Å². The number of benzene rings is 2. The maximum absolute atomic E-state index is 12.7. The number of carbonyl (C=O) groups excluding carboxylic acids is 2. The molecule has 0 spiro atoms. The summed E-state index contributed by atoms with van der Waals surface area (Å²) in [6.07, 6.45) is 1.86. The minimum Gasteiger partial charge on any atom is -0.412 e. The Kier molecular flexibility index (Phi) is 24.5. The predicted molar refractivity (Wildman–Crippen MR) is 298 cm³/mol. The Morgan fingerprint density at radius 1 is 0.545 bits per heavy atom. The van der Waals surface area contributed by atoms with Gasteiger partial charge in [0.25, 0.3) is 0 Å². The molecule has 0 aliphatic carbocycles. The maximum atomic E-state index is 12.7. The van der Waals surface area contributed by atoms with Crippen molar-refractivity contribution >= 4 is 132 Å². The molecule has 0 bridgehead atoms. The highest BCUT2D eigenvalue weighted by molar-refractivity contribution is 8.93. The number of carbonyl (C=O) groups is 2. The minimum absolute atomic E-state index is 0. The van der Waals surface area contributed by atoms with Crippen LogP contribution >= 0.6 is 108 Å². The topological polar surface area (TPSA) is 145 Å². The summed E-state index contributed by atoms with van der Waals surface area (Å²) in [6, 6.07) is 26.0. The Hall–Kier alpha value is -1.70. The fourth-order valence-corrected chi connectivity index (χ4v) is 11.5. The van der Waals surface area contributed by atoms with E-state index in [4.69, 9.17) is 10.2 Å². The summed E-state index contributed by atoms with van der Waals surface area (Å²) in [5.74, 6) is 6.78. The maximum Gasteiger partial charge on any atom is 0.240 e. The predicted octanol–water partition coefficient (Wildman–Crippen LogP) is 5.20. The minimum atomic E-state index is -0.00566. The molecule has 2 amide bonds. The van der Waals surface area contributed by atoms with E-state index in [2.05, 4.69) is 114 Å². The van der Waals surface area contributed by atoms with Crippen LogP contribution in [0.1, 0.15) is 24.2 Å². The molecule has 2 aromatic carbocycles. The van der Waals surface area contributed by atoms with Crippen molar-refractivity contribution in [1.82, 2.24) is 49.8 Å². The highest BCUT2D eigenvalue weighted by atomic mass is 79.9. The van der Waals surface area contributed by atoms with E-state index in [0.717, 1.165) is 137 Å². The molecule has 4 atom stereocenters. The average Bonchev–Trinajstić information content (AvgIpc) is 4.16. The van der Waals surface area contributed by atoms with Gasteiger partial charge in [0.2, 0.25) is 11.8 Å². The molecule has 15 nitrogen and oxygen atoms in total. The molecule has 4 aromatic rings.